The summed E-state index contributed by atoms with van der Waals surface area (Å²) in [6, 6.07) is 5.64. The quantitative estimate of drug-likeness (QED) is 0.626. The number of carbonyl (C=O) groups is 1. The first-order valence-electron chi connectivity index (χ1n) is 6.56. The van der Waals surface area contributed by atoms with Gasteiger partial charge in [-0.15, -0.1) is 0 Å². The fourth-order valence-corrected chi connectivity index (χ4v) is 1.71. The van der Waals surface area contributed by atoms with Gasteiger partial charge in [-0.3, -0.25) is 0 Å². The van der Waals surface area contributed by atoms with E-state index in [9.17, 15) is 4.79 Å². The highest BCUT2D eigenvalue weighted by Gasteiger charge is 2.08. The third-order valence-electron chi connectivity index (χ3n) is 2.92. The molecule has 1 aromatic rings. The second-order valence-electron chi connectivity index (χ2n) is 4.37. The van der Waals surface area contributed by atoms with E-state index in [1.54, 1.807) is 0 Å². The Kier molecular flexibility index (Phi) is 6.32. The van der Waals surface area contributed by atoms with Crippen LogP contribution in [0.25, 0.3) is 0 Å². The number of benzene rings is 1. The smallest absolute Gasteiger partial charge is 0.319 e. The molecule has 0 fully saturated rings. The van der Waals surface area contributed by atoms with Gasteiger partial charge in [0.05, 0.1) is 12.7 Å². The van der Waals surface area contributed by atoms with Crippen molar-refractivity contribution in [2.24, 2.45) is 0 Å². The van der Waals surface area contributed by atoms with Crippen LogP contribution in [0.1, 0.15) is 25.0 Å². The normalized spacial score (nSPS) is 12.0. The molecular weight excluding hydrogens is 244 g/mol. The minimum atomic E-state index is -0.932. The number of rotatable bonds is 6. The molecule has 19 heavy (non-hydrogen) atoms. The molecule has 0 spiro atoms. The number of nitrogens with one attached hydrogen (secondary N) is 2. The third kappa shape index (κ3) is 4.89. The minimum Gasteiger partial charge on any atom is -0.394 e. The van der Waals surface area contributed by atoms with E-state index in [4.69, 9.17) is 10.2 Å². The van der Waals surface area contributed by atoms with E-state index in [-0.39, 0.29) is 19.2 Å². The fraction of sp³-hybridized carbons (Fsp3) is 0.500. The molecule has 0 saturated heterocycles. The van der Waals surface area contributed by atoms with Gasteiger partial charge >= 0.3 is 6.03 Å². The van der Waals surface area contributed by atoms with Gasteiger partial charge in [-0.05, 0) is 30.0 Å². The zero-order chi connectivity index (χ0) is 14.3. The van der Waals surface area contributed by atoms with Crippen molar-refractivity contribution in [3.8, 4) is 0 Å². The summed E-state index contributed by atoms with van der Waals surface area (Å²) in [4.78, 5) is 11.7. The van der Waals surface area contributed by atoms with Gasteiger partial charge in [-0.2, -0.15) is 0 Å². The lowest BCUT2D eigenvalue weighted by Gasteiger charge is -2.13. The van der Waals surface area contributed by atoms with Crippen molar-refractivity contribution in [1.29, 1.82) is 0 Å². The van der Waals surface area contributed by atoms with Crippen LogP contribution in [0.15, 0.2) is 18.2 Å². The number of aryl methyl sites for hydroxylation is 2. The predicted molar refractivity (Wildman–Crippen MR) is 75.3 cm³/mol. The van der Waals surface area contributed by atoms with Crippen molar-refractivity contribution >= 4 is 11.7 Å². The largest absolute Gasteiger partial charge is 0.394 e. The number of carbonyl (C=O) groups excluding carboxylic acids is 1. The van der Waals surface area contributed by atoms with Crippen LogP contribution in [0, 0.1) is 0 Å². The van der Waals surface area contributed by atoms with E-state index in [0.29, 0.717) is 0 Å². The second-order valence-corrected chi connectivity index (χ2v) is 4.37. The van der Waals surface area contributed by atoms with Gasteiger partial charge in [0.25, 0.3) is 0 Å². The monoisotopic (exact) mass is 266 g/mol. The summed E-state index contributed by atoms with van der Waals surface area (Å²) in [6.07, 6.45) is 0.806. The van der Waals surface area contributed by atoms with Crippen molar-refractivity contribution < 1.29 is 15.0 Å². The minimum absolute atomic E-state index is 0.0251. The first-order valence-corrected chi connectivity index (χ1v) is 6.56. The molecule has 0 bridgehead atoms. The number of amides is 2. The Labute approximate surface area is 113 Å². The van der Waals surface area contributed by atoms with Gasteiger partial charge in [0.1, 0.15) is 0 Å². The van der Waals surface area contributed by atoms with Crippen molar-refractivity contribution in [3.05, 3.63) is 29.3 Å². The molecule has 2 amide bonds. The molecule has 0 heterocycles. The highest BCUT2D eigenvalue weighted by Crippen LogP contribution is 2.18. The zero-order valence-corrected chi connectivity index (χ0v) is 11.4. The molecule has 0 aliphatic carbocycles. The van der Waals surface area contributed by atoms with Gasteiger partial charge in [0.2, 0.25) is 0 Å². The summed E-state index contributed by atoms with van der Waals surface area (Å²) in [7, 11) is 0. The van der Waals surface area contributed by atoms with Gasteiger partial charge in [0.15, 0.2) is 0 Å². The number of hydrogen-bond donors (Lipinski definition) is 4. The molecule has 1 atom stereocenters. The number of anilines is 1. The molecule has 0 aromatic heterocycles. The van der Waals surface area contributed by atoms with Crippen LogP contribution in [-0.2, 0) is 12.8 Å². The van der Waals surface area contributed by atoms with Crippen LogP contribution in [0.4, 0.5) is 10.5 Å². The second kappa shape index (κ2) is 7.76. The Morgan fingerprint density at radius 2 is 2.05 bits per heavy atom. The molecule has 1 rings (SSSR count). The first kappa shape index (κ1) is 15.5. The molecule has 106 valence electrons. The Balaban J connectivity index is 2.66. The number of aliphatic hydroxyl groups is 2. The molecule has 4 N–H and O–H groups in total. The summed E-state index contributed by atoms with van der Waals surface area (Å²) < 4.78 is 0. The van der Waals surface area contributed by atoms with E-state index >= 15 is 0 Å². The fourth-order valence-electron chi connectivity index (χ4n) is 1.71. The zero-order valence-electron chi connectivity index (χ0n) is 11.4. The number of urea groups is 1. The summed E-state index contributed by atoms with van der Waals surface area (Å²) in [5.41, 5.74) is 3.01. The molecule has 0 aliphatic heterocycles. The average Bonchev–Trinajstić information content (AvgIpc) is 2.44. The molecule has 0 aliphatic rings. The molecular formula is C14H22N2O3. The molecule has 1 aromatic carbocycles. The molecule has 0 saturated carbocycles. The van der Waals surface area contributed by atoms with Gasteiger partial charge in [-0.1, -0.05) is 26.0 Å². The van der Waals surface area contributed by atoms with E-state index < -0.39 is 6.10 Å². The molecule has 0 radical (unpaired) electrons. The topological polar surface area (TPSA) is 81.6 Å². The van der Waals surface area contributed by atoms with Crippen LogP contribution >= 0.6 is 0 Å². The van der Waals surface area contributed by atoms with Crippen LogP contribution in [-0.4, -0.2) is 35.5 Å². The third-order valence-corrected chi connectivity index (χ3v) is 2.92. The maximum absolute atomic E-state index is 11.7. The number of aliphatic hydroxyl groups excluding tert-OH is 2. The lowest BCUT2D eigenvalue weighted by molar-refractivity contribution is 0.0965. The maximum atomic E-state index is 11.7. The Hall–Kier alpha value is -1.59. The first-order chi connectivity index (χ1) is 9.10. The van der Waals surface area contributed by atoms with Crippen LogP contribution in [0.2, 0.25) is 0 Å². The lowest BCUT2D eigenvalue weighted by atomic mass is 10.1. The lowest BCUT2D eigenvalue weighted by Crippen LogP contribution is -2.36. The van der Waals surface area contributed by atoms with Gasteiger partial charge in [0, 0.05) is 12.2 Å². The van der Waals surface area contributed by atoms with E-state index in [0.717, 1.165) is 29.7 Å². The van der Waals surface area contributed by atoms with Crippen molar-refractivity contribution in [1.82, 2.24) is 5.32 Å². The van der Waals surface area contributed by atoms with Crippen molar-refractivity contribution in [2.45, 2.75) is 32.8 Å². The molecule has 5 heteroatoms. The van der Waals surface area contributed by atoms with Crippen LogP contribution in [0.5, 0.6) is 0 Å². The molecule has 0 unspecified atom stereocenters. The van der Waals surface area contributed by atoms with Gasteiger partial charge < -0.3 is 20.8 Å². The van der Waals surface area contributed by atoms with Gasteiger partial charge in [-0.25, -0.2) is 4.79 Å². The van der Waals surface area contributed by atoms with E-state index in [2.05, 4.69) is 23.6 Å². The van der Waals surface area contributed by atoms with E-state index in [1.165, 1.54) is 0 Å². The SMILES string of the molecule is CCc1ccc(CC)c(NC(=O)NC[C@H](O)CO)c1. The standard InChI is InChI=1S/C14H22N2O3/c1-3-10-5-6-11(4-2)13(7-10)16-14(19)15-8-12(18)9-17/h5-7,12,17-18H,3-4,8-9H2,1-2H3,(H2,15,16,19)/t12-/m0/s1. The van der Waals surface area contributed by atoms with Crippen LogP contribution < -0.4 is 10.6 Å². The van der Waals surface area contributed by atoms with Crippen molar-refractivity contribution in [3.63, 3.8) is 0 Å². The van der Waals surface area contributed by atoms with E-state index in [1.807, 2.05) is 19.1 Å². The summed E-state index contributed by atoms with van der Waals surface area (Å²) in [5, 5.41) is 23.1. The maximum Gasteiger partial charge on any atom is 0.319 e. The Morgan fingerprint density at radius 3 is 2.63 bits per heavy atom. The summed E-state index contributed by atoms with van der Waals surface area (Å²) in [6.45, 7) is 3.74. The Morgan fingerprint density at radius 1 is 1.32 bits per heavy atom. The number of hydrogen-bond acceptors (Lipinski definition) is 3. The van der Waals surface area contributed by atoms with Crippen LogP contribution in [0.3, 0.4) is 0 Å². The highest BCUT2D eigenvalue weighted by atomic mass is 16.3. The summed E-state index contributed by atoms with van der Waals surface area (Å²) >= 11 is 0. The van der Waals surface area contributed by atoms with Crippen molar-refractivity contribution in [2.75, 3.05) is 18.5 Å². The predicted octanol–water partition coefficient (Wildman–Crippen LogP) is 1.29. The summed E-state index contributed by atoms with van der Waals surface area (Å²) in [5.74, 6) is 0. The average molecular weight is 266 g/mol. The highest BCUT2D eigenvalue weighted by molar-refractivity contribution is 5.90. The molecule has 5 nitrogen and oxygen atoms in total. The Bertz CT molecular complexity index is 421.